The molecule has 0 aliphatic carbocycles. The third-order valence-electron chi connectivity index (χ3n) is 3.11. The number of aryl methyl sites for hydroxylation is 1. The van der Waals surface area contributed by atoms with Gasteiger partial charge in [0.05, 0.1) is 18.8 Å². The van der Waals surface area contributed by atoms with Gasteiger partial charge in [0, 0.05) is 19.6 Å². The van der Waals surface area contributed by atoms with Crippen molar-refractivity contribution in [1.82, 2.24) is 4.90 Å². The summed E-state index contributed by atoms with van der Waals surface area (Å²) in [6, 6.07) is 7.48. The molecule has 4 nitrogen and oxygen atoms in total. The topological polar surface area (TPSA) is 38.8 Å². The lowest BCUT2D eigenvalue weighted by Crippen LogP contribution is -3.00. The number of ether oxygens (including phenoxy) is 2. The van der Waals surface area contributed by atoms with Crippen LogP contribution in [0.25, 0.3) is 0 Å². The largest absolute Gasteiger partial charge is 1.00 e. The second kappa shape index (κ2) is 8.15. The van der Waals surface area contributed by atoms with E-state index in [1.165, 1.54) is 0 Å². The Labute approximate surface area is 120 Å². The molecule has 1 aromatic rings. The van der Waals surface area contributed by atoms with Crippen LogP contribution < -0.4 is 12.4 Å². The molecule has 0 amide bonds. The number of halogens is 1. The van der Waals surface area contributed by atoms with E-state index in [2.05, 4.69) is 4.90 Å². The molecule has 5 heteroatoms. The van der Waals surface area contributed by atoms with E-state index in [1.807, 2.05) is 25.1 Å². The minimum Gasteiger partial charge on any atom is -1.00 e. The van der Waals surface area contributed by atoms with Crippen LogP contribution in [-0.2, 0) is 9.47 Å². The van der Waals surface area contributed by atoms with E-state index in [9.17, 15) is 4.79 Å². The summed E-state index contributed by atoms with van der Waals surface area (Å²) in [5.74, 6) is -0.235. The predicted molar refractivity (Wildman–Crippen MR) is 68.7 cm³/mol. The van der Waals surface area contributed by atoms with Crippen LogP contribution in [0.5, 0.6) is 0 Å². The van der Waals surface area contributed by atoms with Gasteiger partial charge in [0.1, 0.15) is 6.61 Å². The molecule has 0 spiro atoms. The summed E-state index contributed by atoms with van der Waals surface area (Å²) in [7, 11) is 0. The third kappa shape index (κ3) is 4.82. The first-order chi connectivity index (χ1) is 8.77. The predicted octanol–water partition coefficient (Wildman–Crippen LogP) is -1.51. The van der Waals surface area contributed by atoms with Gasteiger partial charge in [0.15, 0.2) is 0 Å². The second-order valence-electron chi connectivity index (χ2n) is 4.40. The lowest BCUT2D eigenvalue weighted by Gasteiger charge is -2.26. The molecule has 1 fully saturated rings. The van der Waals surface area contributed by atoms with Crippen LogP contribution >= 0.6 is 0 Å². The van der Waals surface area contributed by atoms with Gasteiger partial charge < -0.3 is 21.9 Å². The van der Waals surface area contributed by atoms with E-state index in [0.29, 0.717) is 12.2 Å². The normalized spacial score (nSPS) is 15.6. The number of nitrogens with zero attached hydrogens (tertiary/aromatic N) is 1. The molecular weight excluding hydrogens is 266 g/mol. The van der Waals surface area contributed by atoms with Crippen molar-refractivity contribution in [2.75, 3.05) is 39.5 Å². The summed E-state index contributed by atoms with van der Waals surface area (Å²) in [6.45, 7) is 6.51. The van der Waals surface area contributed by atoms with Gasteiger partial charge in [-0.3, -0.25) is 4.90 Å². The van der Waals surface area contributed by atoms with Crippen LogP contribution in [0.15, 0.2) is 24.3 Å². The zero-order valence-corrected chi connectivity index (χ0v) is 11.9. The quantitative estimate of drug-likeness (QED) is 0.630. The molecule has 0 bridgehead atoms. The molecule has 0 aromatic heterocycles. The van der Waals surface area contributed by atoms with E-state index < -0.39 is 0 Å². The number of hydrogen-bond acceptors (Lipinski definition) is 4. The fourth-order valence-corrected chi connectivity index (χ4v) is 1.97. The Morgan fingerprint density at radius 1 is 1.32 bits per heavy atom. The van der Waals surface area contributed by atoms with Crippen LogP contribution in [0.3, 0.4) is 0 Å². The zero-order chi connectivity index (χ0) is 12.8. The molecule has 106 valence electrons. The van der Waals surface area contributed by atoms with Gasteiger partial charge in [-0.25, -0.2) is 4.79 Å². The number of morpholine rings is 1. The number of hydrogen-bond donors (Lipinski definition) is 0. The highest BCUT2D eigenvalue weighted by Crippen LogP contribution is 2.08. The molecule has 0 radical (unpaired) electrons. The highest BCUT2D eigenvalue weighted by Gasteiger charge is 2.12. The SMILES string of the molecule is Cc1ccccc1C(=O)OCCN1CCOCC1.[Cl-]. The molecule has 0 N–H and O–H groups in total. The molecule has 1 saturated heterocycles. The molecule has 19 heavy (non-hydrogen) atoms. The summed E-state index contributed by atoms with van der Waals surface area (Å²) < 4.78 is 10.6. The van der Waals surface area contributed by atoms with Crippen LogP contribution in [0.2, 0.25) is 0 Å². The lowest BCUT2D eigenvalue weighted by atomic mass is 10.1. The Balaban J connectivity index is 0.00000180. The van der Waals surface area contributed by atoms with Gasteiger partial charge in [-0.15, -0.1) is 0 Å². The van der Waals surface area contributed by atoms with Gasteiger partial charge in [0.25, 0.3) is 0 Å². The van der Waals surface area contributed by atoms with Gasteiger partial charge in [-0.05, 0) is 18.6 Å². The van der Waals surface area contributed by atoms with Crippen LogP contribution in [-0.4, -0.2) is 50.3 Å². The minimum atomic E-state index is -0.235. The average Bonchev–Trinajstić information content (AvgIpc) is 2.40. The average molecular weight is 285 g/mol. The van der Waals surface area contributed by atoms with Crippen molar-refractivity contribution in [3.8, 4) is 0 Å². The van der Waals surface area contributed by atoms with Crippen molar-refractivity contribution in [1.29, 1.82) is 0 Å². The van der Waals surface area contributed by atoms with Gasteiger partial charge in [0.2, 0.25) is 0 Å². The Kier molecular flexibility index (Phi) is 6.84. The van der Waals surface area contributed by atoms with E-state index >= 15 is 0 Å². The van der Waals surface area contributed by atoms with Gasteiger partial charge >= 0.3 is 5.97 Å². The lowest BCUT2D eigenvalue weighted by molar-refractivity contribution is -0.0000372. The Morgan fingerprint density at radius 2 is 2.00 bits per heavy atom. The van der Waals surface area contributed by atoms with Gasteiger partial charge in [-0.1, -0.05) is 18.2 Å². The fourth-order valence-electron chi connectivity index (χ4n) is 1.97. The van der Waals surface area contributed by atoms with E-state index in [0.717, 1.165) is 38.4 Å². The highest BCUT2D eigenvalue weighted by atomic mass is 35.5. The van der Waals surface area contributed by atoms with Crippen molar-refractivity contribution in [2.24, 2.45) is 0 Å². The summed E-state index contributed by atoms with van der Waals surface area (Å²) in [5, 5.41) is 0. The molecule has 1 aliphatic rings. The minimum absolute atomic E-state index is 0. The Morgan fingerprint density at radius 3 is 2.68 bits per heavy atom. The molecule has 1 aliphatic heterocycles. The van der Waals surface area contributed by atoms with Crippen LogP contribution in [0.4, 0.5) is 0 Å². The summed E-state index contributed by atoms with van der Waals surface area (Å²) in [4.78, 5) is 14.1. The van der Waals surface area contributed by atoms with Gasteiger partial charge in [-0.2, -0.15) is 0 Å². The number of carbonyl (C=O) groups excluding carboxylic acids is 1. The van der Waals surface area contributed by atoms with Crippen molar-refractivity contribution in [3.63, 3.8) is 0 Å². The van der Waals surface area contributed by atoms with E-state index in [4.69, 9.17) is 9.47 Å². The standard InChI is InChI=1S/C14H19NO3.ClH/c1-12-4-2-3-5-13(12)14(16)18-11-8-15-6-9-17-10-7-15;/h2-5H,6-11H2,1H3;1H/p-1. The first-order valence-corrected chi connectivity index (χ1v) is 6.30. The third-order valence-corrected chi connectivity index (χ3v) is 3.11. The summed E-state index contributed by atoms with van der Waals surface area (Å²) in [6.07, 6.45) is 0. The second-order valence-corrected chi connectivity index (χ2v) is 4.40. The Bertz CT molecular complexity index is 405. The molecule has 1 heterocycles. The molecule has 1 aromatic carbocycles. The first kappa shape index (κ1) is 16.0. The van der Waals surface area contributed by atoms with E-state index in [1.54, 1.807) is 6.07 Å². The van der Waals surface area contributed by atoms with Crippen LogP contribution in [0.1, 0.15) is 15.9 Å². The maximum Gasteiger partial charge on any atom is 0.338 e. The maximum absolute atomic E-state index is 11.8. The smallest absolute Gasteiger partial charge is 0.338 e. The van der Waals surface area contributed by atoms with Crippen molar-refractivity contribution in [3.05, 3.63) is 35.4 Å². The number of rotatable bonds is 4. The van der Waals surface area contributed by atoms with E-state index in [-0.39, 0.29) is 18.4 Å². The number of carbonyl (C=O) groups is 1. The molecule has 0 atom stereocenters. The van der Waals surface area contributed by atoms with Crippen molar-refractivity contribution >= 4 is 5.97 Å². The molecular formula is C14H19ClNO3-. The summed E-state index contributed by atoms with van der Waals surface area (Å²) >= 11 is 0. The Hall–Kier alpha value is -1.10. The molecule has 0 unspecified atom stereocenters. The number of benzene rings is 1. The number of esters is 1. The fraction of sp³-hybridized carbons (Fsp3) is 0.500. The van der Waals surface area contributed by atoms with Crippen LogP contribution in [0, 0.1) is 6.92 Å². The zero-order valence-electron chi connectivity index (χ0n) is 11.1. The van der Waals surface area contributed by atoms with Crippen molar-refractivity contribution < 1.29 is 26.7 Å². The molecule has 0 saturated carbocycles. The maximum atomic E-state index is 11.8. The summed E-state index contributed by atoms with van der Waals surface area (Å²) in [5.41, 5.74) is 1.60. The highest BCUT2D eigenvalue weighted by molar-refractivity contribution is 5.90. The molecule has 2 rings (SSSR count). The monoisotopic (exact) mass is 284 g/mol. The van der Waals surface area contributed by atoms with Crippen molar-refractivity contribution in [2.45, 2.75) is 6.92 Å². The first-order valence-electron chi connectivity index (χ1n) is 6.30.